The Kier molecular flexibility index (Phi) is 3.85. The number of nitrogens with zero attached hydrogens (tertiary/aromatic N) is 2. The predicted molar refractivity (Wildman–Crippen MR) is 71.4 cm³/mol. The van der Waals surface area contributed by atoms with Gasteiger partial charge in [-0.1, -0.05) is 19.3 Å². The smallest absolute Gasteiger partial charge is 0.228 e. The van der Waals surface area contributed by atoms with Crippen LogP contribution in [0.4, 0.5) is 0 Å². The predicted octanol–water partition coefficient (Wildman–Crippen LogP) is 0.683. The lowest BCUT2D eigenvalue weighted by Crippen LogP contribution is -2.57. The molecular weight excluding hydrogens is 226 g/mol. The van der Waals surface area contributed by atoms with Crippen molar-refractivity contribution < 1.29 is 4.79 Å². The molecule has 0 atom stereocenters. The minimum absolute atomic E-state index is 0.270. The van der Waals surface area contributed by atoms with Crippen molar-refractivity contribution in [2.24, 2.45) is 5.92 Å². The van der Waals surface area contributed by atoms with E-state index in [1.807, 2.05) is 0 Å². The lowest BCUT2D eigenvalue weighted by molar-refractivity contribution is -0.139. The third-order valence-electron chi connectivity index (χ3n) is 4.85. The van der Waals surface area contributed by atoms with E-state index in [1.165, 1.54) is 32.1 Å². The van der Waals surface area contributed by atoms with Gasteiger partial charge < -0.3 is 10.2 Å². The van der Waals surface area contributed by atoms with Gasteiger partial charge in [-0.15, -0.1) is 0 Å². The monoisotopic (exact) mass is 251 g/mol. The second-order valence-electron chi connectivity index (χ2n) is 6.01. The molecule has 3 aliphatic rings. The van der Waals surface area contributed by atoms with E-state index in [2.05, 4.69) is 15.1 Å². The second kappa shape index (κ2) is 5.57. The fourth-order valence-electron chi connectivity index (χ4n) is 3.48. The average molecular weight is 251 g/mol. The number of hydrogen-bond acceptors (Lipinski definition) is 3. The normalized spacial score (nSPS) is 28.1. The van der Waals surface area contributed by atoms with E-state index in [0.717, 1.165) is 45.3 Å². The van der Waals surface area contributed by atoms with Crippen LogP contribution in [0.5, 0.6) is 0 Å². The van der Waals surface area contributed by atoms with Crippen LogP contribution < -0.4 is 5.32 Å². The molecule has 0 radical (unpaired) electrons. The Hall–Kier alpha value is -0.610. The summed E-state index contributed by atoms with van der Waals surface area (Å²) in [7, 11) is 0. The lowest BCUT2D eigenvalue weighted by Gasteiger charge is -2.42. The summed E-state index contributed by atoms with van der Waals surface area (Å²) in [5, 5.41) is 3.18. The Morgan fingerprint density at radius 2 is 1.61 bits per heavy atom. The molecule has 2 heterocycles. The van der Waals surface area contributed by atoms with Crippen LogP contribution in [0, 0.1) is 5.92 Å². The first kappa shape index (κ1) is 12.4. The molecule has 1 N–H and O–H groups in total. The molecule has 4 nitrogen and oxygen atoms in total. The van der Waals surface area contributed by atoms with Crippen LogP contribution in [0.25, 0.3) is 0 Å². The lowest BCUT2D eigenvalue weighted by atomic mass is 9.93. The fourth-order valence-corrected chi connectivity index (χ4v) is 3.48. The zero-order chi connectivity index (χ0) is 12.4. The van der Waals surface area contributed by atoms with Gasteiger partial charge in [0.25, 0.3) is 0 Å². The average Bonchev–Trinajstić information content (AvgIpc) is 2.38. The Labute approximate surface area is 110 Å². The summed E-state index contributed by atoms with van der Waals surface area (Å²) >= 11 is 0. The van der Waals surface area contributed by atoms with Crippen LogP contribution in [0.3, 0.4) is 0 Å². The standard InChI is InChI=1S/C14H25N3O/c18-14(12-10-15-11-12)17-8-6-16(7-9-17)13-4-2-1-3-5-13/h12-13,15H,1-11H2. The molecule has 1 amide bonds. The van der Waals surface area contributed by atoms with Gasteiger partial charge in [0.1, 0.15) is 0 Å². The van der Waals surface area contributed by atoms with Crippen LogP contribution in [-0.4, -0.2) is 61.0 Å². The molecule has 0 aromatic heterocycles. The molecule has 2 aliphatic heterocycles. The van der Waals surface area contributed by atoms with Crippen molar-refractivity contribution in [3.8, 4) is 0 Å². The van der Waals surface area contributed by atoms with Crippen molar-refractivity contribution in [2.75, 3.05) is 39.3 Å². The van der Waals surface area contributed by atoms with E-state index < -0.39 is 0 Å². The van der Waals surface area contributed by atoms with E-state index in [-0.39, 0.29) is 5.92 Å². The number of nitrogens with one attached hydrogen (secondary N) is 1. The Morgan fingerprint density at radius 3 is 2.17 bits per heavy atom. The third kappa shape index (κ3) is 2.54. The molecule has 4 heteroatoms. The first-order valence-electron chi connectivity index (χ1n) is 7.58. The Morgan fingerprint density at radius 1 is 0.944 bits per heavy atom. The zero-order valence-corrected chi connectivity index (χ0v) is 11.2. The molecule has 3 fully saturated rings. The van der Waals surface area contributed by atoms with Crippen LogP contribution in [0.15, 0.2) is 0 Å². The van der Waals surface area contributed by atoms with Gasteiger partial charge in [0.05, 0.1) is 5.92 Å². The Balaban J connectivity index is 1.46. The highest BCUT2D eigenvalue weighted by molar-refractivity contribution is 5.80. The van der Waals surface area contributed by atoms with Crippen molar-refractivity contribution in [3.63, 3.8) is 0 Å². The van der Waals surface area contributed by atoms with Gasteiger partial charge >= 0.3 is 0 Å². The topological polar surface area (TPSA) is 35.6 Å². The number of rotatable bonds is 2. The van der Waals surface area contributed by atoms with Crippen LogP contribution in [-0.2, 0) is 4.79 Å². The van der Waals surface area contributed by atoms with E-state index in [9.17, 15) is 4.79 Å². The largest absolute Gasteiger partial charge is 0.340 e. The summed E-state index contributed by atoms with van der Waals surface area (Å²) in [5.74, 6) is 0.656. The summed E-state index contributed by atoms with van der Waals surface area (Å²) in [6, 6.07) is 0.807. The molecule has 3 rings (SSSR count). The van der Waals surface area contributed by atoms with Gasteiger partial charge in [-0.25, -0.2) is 0 Å². The third-order valence-corrected chi connectivity index (χ3v) is 4.85. The molecule has 0 aromatic rings. The summed E-state index contributed by atoms with van der Waals surface area (Å²) in [4.78, 5) is 16.8. The van der Waals surface area contributed by atoms with Gasteiger partial charge in [-0.2, -0.15) is 0 Å². The van der Waals surface area contributed by atoms with Gasteiger partial charge in [-0.05, 0) is 12.8 Å². The minimum atomic E-state index is 0.270. The molecule has 0 unspecified atom stereocenters. The first-order chi connectivity index (χ1) is 8.84. The van der Waals surface area contributed by atoms with Gasteiger partial charge in [-0.3, -0.25) is 9.69 Å². The van der Waals surface area contributed by atoms with E-state index in [0.29, 0.717) is 5.91 Å². The number of hydrogen-bond donors (Lipinski definition) is 1. The van der Waals surface area contributed by atoms with E-state index >= 15 is 0 Å². The first-order valence-corrected chi connectivity index (χ1v) is 7.58. The molecular formula is C14H25N3O. The quantitative estimate of drug-likeness (QED) is 0.784. The summed E-state index contributed by atoms with van der Waals surface area (Å²) < 4.78 is 0. The van der Waals surface area contributed by atoms with Crippen molar-refractivity contribution >= 4 is 5.91 Å². The van der Waals surface area contributed by atoms with Crippen LogP contribution in [0.2, 0.25) is 0 Å². The second-order valence-corrected chi connectivity index (χ2v) is 6.01. The highest BCUT2D eigenvalue weighted by atomic mass is 16.2. The van der Waals surface area contributed by atoms with Gasteiger partial charge in [0.2, 0.25) is 5.91 Å². The molecule has 2 saturated heterocycles. The minimum Gasteiger partial charge on any atom is -0.340 e. The molecule has 0 aromatic carbocycles. The molecule has 0 spiro atoms. The molecule has 1 aliphatic carbocycles. The highest BCUT2D eigenvalue weighted by Crippen LogP contribution is 2.23. The SMILES string of the molecule is O=C(C1CNC1)N1CCN(C2CCCCC2)CC1. The maximum absolute atomic E-state index is 12.1. The number of amides is 1. The fraction of sp³-hybridized carbons (Fsp3) is 0.929. The van der Waals surface area contributed by atoms with Crippen molar-refractivity contribution in [2.45, 2.75) is 38.1 Å². The maximum Gasteiger partial charge on any atom is 0.228 e. The highest BCUT2D eigenvalue weighted by Gasteiger charge is 2.32. The van der Waals surface area contributed by atoms with Crippen molar-refractivity contribution in [3.05, 3.63) is 0 Å². The zero-order valence-electron chi connectivity index (χ0n) is 11.2. The van der Waals surface area contributed by atoms with Crippen molar-refractivity contribution in [1.82, 2.24) is 15.1 Å². The van der Waals surface area contributed by atoms with E-state index in [1.54, 1.807) is 0 Å². The van der Waals surface area contributed by atoms with Gasteiger partial charge in [0.15, 0.2) is 0 Å². The van der Waals surface area contributed by atoms with Crippen LogP contribution >= 0.6 is 0 Å². The summed E-state index contributed by atoms with van der Waals surface area (Å²) in [6.45, 7) is 5.87. The van der Waals surface area contributed by atoms with Gasteiger partial charge in [0, 0.05) is 45.3 Å². The van der Waals surface area contributed by atoms with Crippen molar-refractivity contribution in [1.29, 1.82) is 0 Å². The molecule has 1 saturated carbocycles. The van der Waals surface area contributed by atoms with Crippen LogP contribution in [0.1, 0.15) is 32.1 Å². The summed E-state index contributed by atoms with van der Waals surface area (Å²) in [5.41, 5.74) is 0. The summed E-state index contributed by atoms with van der Waals surface area (Å²) in [6.07, 6.45) is 6.97. The number of piperazine rings is 1. The molecule has 18 heavy (non-hydrogen) atoms. The molecule has 0 bridgehead atoms. The van der Waals surface area contributed by atoms with E-state index in [4.69, 9.17) is 0 Å². The number of carbonyl (C=O) groups is 1. The number of carbonyl (C=O) groups excluding carboxylic acids is 1. The Bertz CT molecular complexity index is 289. The maximum atomic E-state index is 12.1. The molecule has 102 valence electrons.